The van der Waals surface area contributed by atoms with Crippen LogP contribution in [0.2, 0.25) is 0 Å². The van der Waals surface area contributed by atoms with Crippen molar-refractivity contribution in [3.63, 3.8) is 0 Å². The summed E-state index contributed by atoms with van der Waals surface area (Å²) in [4.78, 5) is 16.9. The average molecular weight is 419 g/mol. The van der Waals surface area contributed by atoms with E-state index in [9.17, 15) is 18.0 Å². The number of nitrogens with zero attached hydrogens (tertiary/aromatic N) is 2. The average Bonchev–Trinajstić information content (AvgIpc) is 2.61. The normalized spacial score (nSPS) is 12.0. The molecule has 4 rings (SSSR count). The fourth-order valence-electron chi connectivity index (χ4n) is 2.96. The van der Waals surface area contributed by atoms with Crippen LogP contribution in [0, 0.1) is 0 Å². The summed E-state index contributed by atoms with van der Waals surface area (Å²) >= 11 is 3.39. The molecule has 2 heterocycles. The molecule has 0 radical (unpaired) electrons. The van der Waals surface area contributed by atoms with Gasteiger partial charge in [-0.2, -0.15) is 13.2 Å². The van der Waals surface area contributed by atoms with Crippen molar-refractivity contribution in [1.82, 2.24) is 9.55 Å². The third-order valence-corrected chi connectivity index (χ3v) is 4.60. The summed E-state index contributed by atoms with van der Waals surface area (Å²) in [6.45, 7) is 0. The lowest BCUT2D eigenvalue weighted by molar-refractivity contribution is -0.137. The summed E-state index contributed by atoms with van der Waals surface area (Å²) in [5.74, 6) is 0. The molecule has 7 heteroatoms. The van der Waals surface area contributed by atoms with Crippen molar-refractivity contribution in [2.75, 3.05) is 0 Å². The highest BCUT2D eigenvalue weighted by Gasteiger charge is 2.30. The lowest BCUT2D eigenvalue weighted by atomic mass is 10.1. The molecule has 0 spiro atoms. The molecule has 0 aliphatic heterocycles. The van der Waals surface area contributed by atoms with Gasteiger partial charge in [-0.25, -0.2) is 0 Å². The predicted octanol–water partition coefficient (Wildman–Crippen LogP) is 5.32. The third kappa shape index (κ3) is 2.78. The van der Waals surface area contributed by atoms with Crippen LogP contribution >= 0.6 is 15.9 Å². The van der Waals surface area contributed by atoms with E-state index < -0.39 is 17.3 Å². The monoisotopic (exact) mass is 418 g/mol. The van der Waals surface area contributed by atoms with E-state index in [1.807, 2.05) is 6.07 Å². The third-order valence-electron chi connectivity index (χ3n) is 4.11. The lowest BCUT2D eigenvalue weighted by Gasteiger charge is -2.14. The second-order valence-corrected chi connectivity index (χ2v) is 6.69. The van der Waals surface area contributed by atoms with Crippen molar-refractivity contribution >= 4 is 37.7 Å². The Morgan fingerprint density at radius 2 is 1.81 bits per heavy atom. The van der Waals surface area contributed by atoms with Gasteiger partial charge >= 0.3 is 6.18 Å². The van der Waals surface area contributed by atoms with Gasteiger partial charge in [-0.3, -0.25) is 14.3 Å². The molecule has 0 saturated carbocycles. The SMILES string of the molecule is O=c1ccc2cnc3ccc(Br)cc3c2n1-c1cccc(C(F)(F)F)c1. The van der Waals surface area contributed by atoms with Crippen LogP contribution in [0.3, 0.4) is 0 Å². The van der Waals surface area contributed by atoms with Crippen molar-refractivity contribution in [2.24, 2.45) is 0 Å². The maximum Gasteiger partial charge on any atom is 0.416 e. The predicted molar refractivity (Wildman–Crippen MR) is 97.5 cm³/mol. The van der Waals surface area contributed by atoms with Crippen LogP contribution in [0.1, 0.15) is 5.56 Å². The Morgan fingerprint density at radius 1 is 1.00 bits per heavy atom. The second-order valence-electron chi connectivity index (χ2n) is 5.78. The topological polar surface area (TPSA) is 34.9 Å². The van der Waals surface area contributed by atoms with E-state index in [-0.39, 0.29) is 5.69 Å². The van der Waals surface area contributed by atoms with E-state index in [2.05, 4.69) is 20.9 Å². The molecule has 0 fully saturated rings. The molecule has 0 saturated heterocycles. The van der Waals surface area contributed by atoms with Crippen LogP contribution in [0.25, 0.3) is 27.5 Å². The number of halogens is 4. The number of hydrogen-bond donors (Lipinski definition) is 0. The van der Waals surface area contributed by atoms with Gasteiger partial charge in [-0.15, -0.1) is 0 Å². The number of benzene rings is 2. The summed E-state index contributed by atoms with van der Waals surface area (Å²) in [6.07, 6.45) is -2.88. The lowest BCUT2D eigenvalue weighted by Crippen LogP contribution is -2.18. The van der Waals surface area contributed by atoms with Crippen molar-refractivity contribution < 1.29 is 13.2 Å². The van der Waals surface area contributed by atoms with E-state index in [0.29, 0.717) is 21.8 Å². The van der Waals surface area contributed by atoms with Crippen LogP contribution in [0.15, 0.2) is 70.1 Å². The van der Waals surface area contributed by atoms with E-state index in [1.54, 1.807) is 24.4 Å². The molecule has 0 N–H and O–H groups in total. The van der Waals surface area contributed by atoms with E-state index in [4.69, 9.17) is 0 Å². The second kappa shape index (κ2) is 5.95. The molecule has 3 nitrogen and oxygen atoms in total. The molecule has 0 atom stereocenters. The smallest absolute Gasteiger partial charge is 0.276 e. The van der Waals surface area contributed by atoms with Crippen LogP contribution in [-0.4, -0.2) is 9.55 Å². The van der Waals surface area contributed by atoms with Gasteiger partial charge in [0.25, 0.3) is 5.56 Å². The maximum atomic E-state index is 13.1. The molecule has 4 aromatic rings. The Bertz CT molecular complexity index is 1220. The fraction of sp³-hybridized carbons (Fsp3) is 0.0526. The molecule has 0 aliphatic carbocycles. The number of hydrogen-bond acceptors (Lipinski definition) is 2. The van der Waals surface area contributed by atoms with Gasteiger partial charge in [0.05, 0.1) is 16.6 Å². The molecule has 2 aromatic heterocycles. The van der Waals surface area contributed by atoms with Gasteiger partial charge in [-0.1, -0.05) is 22.0 Å². The van der Waals surface area contributed by atoms with Crippen LogP contribution in [0.5, 0.6) is 0 Å². The minimum absolute atomic E-state index is 0.155. The minimum Gasteiger partial charge on any atom is -0.276 e. The molecule has 130 valence electrons. The summed E-state index contributed by atoms with van der Waals surface area (Å²) in [6, 6.07) is 13.1. The summed E-state index contributed by atoms with van der Waals surface area (Å²) in [7, 11) is 0. The molecular formula is C19H10BrF3N2O. The van der Waals surface area contributed by atoms with Gasteiger partial charge in [0.1, 0.15) is 0 Å². The molecule has 0 aliphatic rings. The number of fused-ring (bicyclic) bond motifs is 3. The Kier molecular flexibility index (Phi) is 3.84. The Balaban J connectivity index is 2.15. The number of rotatable bonds is 1. The quantitative estimate of drug-likeness (QED) is 0.392. The summed E-state index contributed by atoms with van der Waals surface area (Å²) in [5, 5.41) is 1.33. The first-order valence-electron chi connectivity index (χ1n) is 7.62. The molecule has 2 aromatic carbocycles. The van der Waals surface area contributed by atoms with Gasteiger partial charge in [0, 0.05) is 33.2 Å². The maximum absolute atomic E-state index is 13.1. The molecule has 0 unspecified atom stereocenters. The molecular weight excluding hydrogens is 409 g/mol. The summed E-state index contributed by atoms with van der Waals surface area (Å²) in [5.41, 5.74) is 0.0980. The number of alkyl halides is 3. The van der Waals surface area contributed by atoms with Crippen molar-refractivity contribution in [2.45, 2.75) is 6.18 Å². The van der Waals surface area contributed by atoms with E-state index >= 15 is 0 Å². The fourth-order valence-corrected chi connectivity index (χ4v) is 3.32. The first-order valence-corrected chi connectivity index (χ1v) is 8.41. The highest BCUT2D eigenvalue weighted by Crippen LogP contribution is 2.32. The standard InChI is InChI=1S/C19H10BrF3N2O/c20-13-5-6-16-15(9-13)18-11(10-24-16)4-7-17(26)25(18)14-3-1-2-12(8-14)19(21,22)23/h1-10H. The molecule has 26 heavy (non-hydrogen) atoms. The van der Waals surface area contributed by atoms with Gasteiger partial charge in [0.15, 0.2) is 0 Å². The Hall–Kier alpha value is -2.67. The zero-order valence-electron chi connectivity index (χ0n) is 13.1. The van der Waals surface area contributed by atoms with Gasteiger partial charge in [-0.05, 0) is 42.5 Å². The number of aromatic nitrogens is 2. The molecule has 0 bridgehead atoms. The molecule has 0 amide bonds. The van der Waals surface area contributed by atoms with E-state index in [0.717, 1.165) is 16.6 Å². The Labute approximate surface area is 153 Å². The van der Waals surface area contributed by atoms with Crippen LogP contribution in [-0.2, 0) is 6.18 Å². The van der Waals surface area contributed by atoms with Crippen LogP contribution < -0.4 is 5.56 Å². The van der Waals surface area contributed by atoms with Gasteiger partial charge in [0.2, 0.25) is 0 Å². The highest BCUT2D eigenvalue weighted by atomic mass is 79.9. The largest absolute Gasteiger partial charge is 0.416 e. The zero-order valence-corrected chi connectivity index (χ0v) is 14.7. The van der Waals surface area contributed by atoms with Crippen molar-refractivity contribution in [1.29, 1.82) is 0 Å². The van der Waals surface area contributed by atoms with Gasteiger partial charge < -0.3 is 0 Å². The zero-order chi connectivity index (χ0) is 18.5. The number of pyridine rings is 2. The van der Waals surface area contributed by atoms with Crippen molar-refractivity contribution in [3.05, 3.63) is 81.2 Å². The summed E-state index contributed by atoms with van der Waals surface area (Å²) < 4.78 is 41.4. The van der Waals surface area contributed by atoms with E-state index in [1.165, 1.54) is 22.8 Å². The first-order chi connectivity index (χ1) is 12.3. The van der Waals surface area contributed by atoms with Crippen LogP contribution in [0.4, 0.5) is 13.2 Å². The highest BCUT2D eigenvalue weighted by molar-refractivity contribution is 9.10. The Morgan fingerprint density at radius 3 is 2.58 bits per heavy atom. The minimum atomic E-state index is -4.49. The van der Waals surface area contributed by atoms with Crippen molar-refractivity contribution in [3.8, 4) is 5.69 Å². The first kappa shape index (κ1) is 16.8.